The highest BCUT2D eigenvalue weighted by molar-refractivity contribution is 7.89. The van der Waals surface area contributed by atoms with E-state index >= 15 is 0 Å². The van der Waals surface area contributed by atoms with Gasteiger partial charge in [0.1, 0.15) is 0 Å². The molecule has 1 amide bonds. The zero-order chi connectivity index (χ0) is 20.3. The second-order valence-electron chi connectivity index (χ2n) is 7.19. The summed E-state index contributed by atoms with van der Waals surface area (Å²) in [6.07, 6.45) is 1.12. The summed E-state index contributed by atoms with van der Waals surface area (Å²) in [6.45, 7) is 7.22. The summed E-state index contributed by atoms with van der Waals surface area (Å²) >= 11 is 0. The number of amides is 1. The molecule has 0 bridgehead atoms. The summed E-state index contributed by atoms with van der Waals surface area (Å²) in [5, 5.41) is 0. The van der Waals surface area contributed by atoms with Gasteiger partial charge in [0, 0.05) is 31.7 Å². The average molecular weight is 401 g/mol. The summed E-state index contributed by atoms with van der Waals surface area (Å²) in [5.74, 6) is 0.217. The number of hydrogen-bond donors (Lipinski definition) is 0. The zero-order valence-electron chi connectivity index (χ0n) is 16.8. The van der Waals surface area contributed by atoms with Crippen LogP contribution in [0.1, 0.15) is 44.2 Å². The molecule has 2 aromatic rings. The number of rotatable bonds is 7. The van der Waals surface area contributed by atoms with Crippen LogP contribution in [0, 0.1) is 0 Å². The third-order valence-electron chi connectivity index (χ3n) is 5.44. The molecule has 0 radical (unpaired) electrons. The fourth-order valence-electron chi connectivity index (χ4n) is 3.78. The maximum absolute atomic E-state index is 12.9. The van der Waals surface area contributed by atoms with E-state index in [2.05, 4.69) is 6.92 Å². The molecular weight excluding hydrogens is 372 g/mol. The van der Waals surface area contributed by atoms with Crippen molar-refractivity contribution in [2.24, 2.45) is 0 Å². The van der Waals surface area contributed by atoms with Gasteiger partial charge in [-0.3, -0.25) is 4.79 Å². The highest BCUT2D eigenvalue weighted by Gasteiger charge is 2.29. The molecule has 1 aliphatic rings. The molecule has 1 unspecified atom stereocenters. The van der Waals surface area contributed by atoms with Crippen LogP contribution in [-0.2, 0) is 21.2 Å². The average Bonchev–Trinajstić information content (AvgIpc) is 3.12. The van der Waals surface area contributed by atoms with Gasteiger partial charge >= 0.3 is 0 Å². The Morgan fingerprint density at radius 2 is 1.79 bits per heavy atom. The molecule has 1 aliphatic heterocycles. The maximum atomic E-state index is 12.9. The molecule has 0 aliphatic carbocycles. The largest absolute Gasteiger partial charge is 0.312 e. The number of carbonyl (C=O) groups is 1. The first-order valence-electron chi connectivity index (χ1n) is 9.86. The standard InChI is InChI=1S/C22H28N2O3S/c1-4-23(5-2)28(26,27)20-11-12-21-19(16-20)13-14-24(21)22(25)15-17(3)18-9-7-6-8-10-18/h6-12,16-17H,4-5,13-15H2,1-3H3. The van der Waals surface area contributed by atoms with Crippen molar-refractivity contribution in [2.45, 2.75) is 44.4 Å². The highest BCUT2D eigenvalue weighted by Crippen LogP contribution is 2.32. The van der Waals surface area contributed by atoms with Crippen molar-refractivity contribution in [3.63, 3.8) is 0 Å². The van der Waals surface area contributed by atoms with Gasteiger partial charge in [-0.1, -0.05) is 51.1 Å². The number of carbonyl (C=O) groups excluding carboxylic acids is 1. The quantitative estimate of drug-likeness (QED) is 0.710. The van der Waals surface area contributed by atoms with E-state index < -0.39 is 10.0 Å². The topological polar surface area (TPSA) is 57.7 Å². The first kappa shape index (κ1) is 20.6. The van der Waals surface area contributed by atoms with Crippen molar-refractivity contribution in [2.75, 3.05) is 24.5 Å². The van der Waals surface area contributed by atoms with E-state index in [9.17, 15) is 13.2 Å². The van der Waals surface area contributed by atoms with Gasteiger partial charge in [0.2, 0.25) is 15.9 Å². The highest BCUT2D eigenvalue weighted by atomic mass is 32.2. The molecule has 2 aromatic carbocycles. The number of benzene rings is 2. The molecule has 0 N–H and O–H groups in total. The van der Waals surface area contributed by atoms with Crippen LogP contribution >= 0.6 is 0 Å². The smallest absolute Gasteiger partial charge is 0.243 e. The lowest BCUT2D eigenvalue weighted by Gasteiger charge is -2.21. The van der Waals surface area contributed by atoms with E-state index in [0.717, 1.165) is 16.8 Å². The van der Waals surface area contributed by atoms with E-state index in [1.165, 1.54) is 4.31 Å². The van der Waals surface area contributed by atoms with Crippen LogP contribution in [0.25, 0.3) is 0 Å². The second-order valence-corrected chi connectivity index (χ2v) is 9.13. The van der Waals surface area contributed by atoms with Crippen molar-refractivity contribution < 1.29 is 13.2 Å². The summed E-state index contributed by atoms with van der Waals surface area (Å²) < 4.78 is 27.0. The van der Waals surface area contributed by atoms with E-state index in [1.807, 2.05) is 44.2 Å². The fraction of sp³-hybridized carbons (Fsp3) is 0.409. The summed E-state index contributed by atoms with van der Waals surface area (Å²) in [7, 11) is -3.49. The number of fused-ring (bicyclic) bond motifs is 1. The monoisotopic (exact) mass is 400 g/mol. The molecule has 3 rings (SSSR count). The normalized spacial score (nSPS) is 14.9. The molecule has 0 aromatic heterocycles. The van der Waals surface area contributed by atoms with Crippen LogP contribution in [0.5, 0.6) is 0 Å². The Morgan fingerprint density at radius 3 is 2.43 bits per heavy atom. The van der Waals surface area contributed by atoms with Gasteiger partial charge in [0.05, 0.1) is 4.90 Å². The molecular formula is C22H28N2O3S. The minimum absolute atomic E-state index is 0.0782. The fourth-order valence-corrected chi connectivity index (χ4v) is 5.29. The minimum atomic E-state index is -3.49. The Labute approximate surface area is 168 Å². The molecule has 5 nitrogen and oxygen atoms in total. The van der Waals surface area contributed by atoms with E-state index in [4.69, 9.17) is 0 Å². The molecule has 28 heavy (non-hydrogen) atoms. The van der Waals surface area contributed by atoms with Crippen LogP contribution in [0.3, 0.4) is 0 Å². The van der Waals surface area contributed by atoms with Crippen molar-refractivity contribution in [1.82, 2.24) is 4.31 Å². The van der Waals surface area contributed by atoms with Crippen LogP contribution in [-0.4, -0.2) is 38.3 Å². The molecule has 0 saturated heterocycles. The number of hydrogen-bond acceptors (Lipinski definition) is 3. The van der Waals surface area contributed by atoms with Gasteiger partial charge < -0.3 is 4.90 Å². The van der Waals surface area contributed by atoms with Gasteiger partial charge in [-0.15, -0.1) is 0 Å². The summed E-state index contributed by atoms with van der Waals surface area (Å²) in [4.78, 5) is 15.0. The lowest BCUT2D eigenvalue weighted by Crippen LogP contribution is -2.31. The Bertz CT molecular complexity index is 938. The van der Waals surface area contributed by atoms with Crippen LogP contribution in [0.4, 0.5) is 5.69 Å². The predicted molar refractivity (Wildman–Crippen MR) is 112 cm³/mol. The lowest BCUT2D eigenvalue weighted by atomic mass is 9.97. The van der Waals surface area contributed by atoms with Crippen molar-refractivity contribution >= 4 is 21.6 Å². The van der Waals surface area contributed by atoms with E-state index in [-0.39, 0.29) is 11.8 Å². The molecule has 1 atom stereocenters. The van der Waals surface area contributed by atoms with Crippen molar-refractivity contribution in [1.29, 1.82) is 0 Å². The summed E-state index contributed by atoms with van der Waals surface area (Å²) in [5.41, 5.74) is 2.91. The first-order chi connectivity index (χ1) is 13.4. The molecule has 6 heteroatoms. The number of nitrogens with zero attached hydrogens (tertiary/aromatic N) is 2. The minimum Gasteiger partial charge on any atom is -0.312 e. The number of sulfonamides is 1. The molecule has 0 fully saturated rings. The Morgan fingerprint density at radius 1 is 1.11 bits per heavy atom. The van der Waals surface area contributed by atoms with E-state index in [1.54, 1.807) is 23.1 Å². The molecule has 0 saturated carbocycles. The predicted octanol–water partition coefficient (Wildman–Crippen LogP) is 3.80. The maximum Gasteiger partial charge on any atom is 0.243 e. The molecule has 0 spiro atoms. The second kappa shape index (κ2) is 8.45. The molecule has 150 valence electrons. The van der Waals surface area contributed by atoms with Gasteiger partial charge in [-0.25, -0.2) is 8.42 Å². The zero-order valence-corrected chi connectivity index (χ0v) is 17.6. The SMILES string of the molecule is CCN(CC)S(=O)(=O)c1ccc2c(c1)CCN2C(=O)CC(C)c1ccccc1. The van der Waals surface area contributed by atoms with E-state index in [0.29, 0.717) is 37.4 Å². The Balaban J connectivity index is 1.78. The molecule has 1 heterocycles. The Kier molecular flexibility index (Phi) is 6.20. The van der Waals surface area contributed by atoms with Crippen LogP contribution in [0.2, 0.25) is 0 Å². The van der Waals surface area contributed by atoms with Crippen LogP contribution < -0.4 is 4.90 Å². The first-order valence-corrected chi connectivity index (χ1v) is 11.3. The van der Waals surface area contributed by atoms with Gasteiger partial charge in [0.15, 0.2) is 0 Å². The third kappa shape index (κ3) is 3.98. The third-order valence-corrected chi connectivity index (χ3v) is 7.49. The van der Waals surface area contributed by atoms with Gasteiger partial charge in [-0.2, -0.15) is 4.31 Å². The number of anilines is 1. The Hall–Kier alpha value is -2.18. The van der Waals surface area contributed by atoms with Gasteiger partial charge in [0.25, 0.3) is 0 Å². The van der Waals surface area contributed by atoms with Crippen LogP contribution in [0.15, 0.2) is 53.4 Å². The summed E-state index contributed by atoms with van der Waals surface area (Å²) in [6, 6.07) is 15.2. The van der Waals surface area contributed by atoms with Crippen molar-refractivity contribution in [3.05, 3.63) is 59.7 Å². The van der Waals surface area contributed by atoms with Gasteiger partial charge in [-0.05, 0) is 41.7 Å². The lowest BCUT2D eigenvalue weighted by molar-refractivity contribution is -0.118. The van der Waals surface area contributed by atoms with Crippen molar-refractivity contribution in [3.8, 4) is 0 Å².